The topological polar surface area (TPSA) is 76.9 Å². The maximum absolute atomic E-state index is 12.7. The van der Waals surface area contributed by atoms with Crippen LogP contribution in [0.15, 0.2) is 53.5 Å². The Kier molecular flexibility index (Phi) is 5.73. The Labute approximate surface area is 151 Å². The normalized spacial score (nSPS) is 10.8. The van der Waals surface area contributed by atoms with Gasteiger partial charge in [0.1, 0.15) is 0 Å². The monoisotopic (exact) mass is 350 g/mol. The highest BCUT2D eigenvalue weighted by Crippen LogP contribution is 2.13. The largest absolute Gasteiger partial charge is 0.350 e. The number of hydrogen-bond acceptors (Lipinski definition) is 4. The molecule has 26 heavy (non-hydrogen) atoms. The van der Waals surface area contributed by atoms with Crippen LogP contribution in [-0.4, -0.2) is 20.7 Å². The van der Waals surface area contributed by atoms with Crippen molar-refractivity contribution in [2.24, 2.45) is 0 Å². The van der Waals surface area contributed by atoms with Crippen LogP contribution >= 0.6 is 0 Å². The maximum atomic E-state index is 12.7. The van der Waals surface area contributed by atoms with Gasteiger partial charge in [-0.3, -0.25) is 14.6 Å². The van der Waals surface area contributed by atoms with E-state index in [-0.39, 0.29) is 11.5 Å². The van der Waals surface area contributed by atoms with Crippen molar-refractivity contribution in [3.05, 3.63) is 70.4 Å². The van der Waals surface area contributed by atoms with E-state index in [4.69, 9.17) is 0 Å². The van der Waals surface area contributed by atoms with Crippen LogP contribution in [0.25, 0.3) is 10.8 Å². The molecule has 0 bridgehead atoms. The molecular weight excluding hydrogens is 328 g/mol. The number of nitrogens with zero attached hydrogens (tertiary/aromatic N) is 3. The first-order valence-electron chi connectivity index (χ1n) is 8.84. The standard InChI is InChI=1S/C20H22N4O2/c1-2-3-11-19(25)22-13-18-16-9-4-5-10-17(16)20(26)24(23-18)14-15-8-6-7-12-21-15/h4-10,12H,2-3,11,13-14H2,1H3,(H,22,25). The minimum atomic E-state index is -0.160. The van der Waals surface area contributed by atoms with E-state index in [9.17, 15) is 9.59 Å². The minimum Gasteiger partial charge on any atom is -0.350 e. The fraction of sp³-hybridized carbons (Fsp3) is 0.300. The molecule has 0 saturated carbocycles. The van der Waals surface area contributed by atoms with E-state index in [0.717, 1.165) is 23.9 Å². The molecule has 1 aromatic carbocycles. The molecular formula is C20H22N4O2. The summed E-state index contributed by atoms with van der Waals surface area (Å²) in [6.45, 7) is 2.64. The van der Waals surface area contributed by atoms with Crippen molar-refractivity contribution < 1.29 is 4.79 Å². The molecule has 1 N–H and O–H groups in total. The molecule has 3 aromatic rings. The van der Waals surface area contributed by atoms with Crippen LogP contribution in [0.2, 0.25) is 0 Å². The van der Waals surface area contributed by atoms with Crippen LogP contribution in [0.3, 0.4) is 0 Å². The van der Waals surface area contributed by atoms with Gasteiger partial charge in [-0.05, 0) is 24.6 Å². The molecule has 1 amide bonds. The second kappa shape index (κ2) is 8.38. The third kappa shape index (κ3) is 4.14. The van der Waals surface area contributed by atoms with Crippen molar-refractivity contribution in [3.8, 4) is 0 Å². The van der Waals surface area contributed by atoms with Crippen LogP contribution in [0, 0.1) is 0 Å². The summed E-state index contributed by atoms with van der Waals surface area (Å²) in [4.78, 5) is 29.0. The molecule has 0 aliphatic rings. The predicted molar refractivity (Wildman–Crippen MR) is 101 cm³/mol. The van der Waals surface area contributed by atoms with E-state index in [1.807, 2.05) is 36.4 Å². The molecule has 0 spiro atoms. The molecule has 2 heterocycles. The summed E-state index contributed by atoms with van der Waals surface area (Å²) in [5, 5.41) is 8.76. The van der Waals surface area contributed by atoms with E-state index in [2.05, 4.69) is 22.3 Å². The molecule has 0 atom stereocenters. The van der Waals surface area contributed by atoms with Gasteiger partial charge in [0.25, 0.3) is 5.56 Å². The lowest BCUT2D eigenvalue weighted by molar-refractivity contribution is -0.121. The Morgan fingerprint density at radius 2 is 1.88 bits per heavy atom. The molecule has 0 radical (unpaired) electrons. The lowest BCUT2D eigenvalue weighted by Crippen LogP contribution is -2.29. The molecule has 2 aromatic heterocycles. The van der Waals surface area contributed by atoms with Crippen molar-refractivity contribution in [1.29, 1.82) is 0 Å². The quantitative estimate of drug-likeness (QED) is 0.711. The van der Waals surface area contributed by atoms with Crippen molar-refractivity contribution >= 4 is 16.7 Å². The number of unbranched alkanes of at least 4 members (excludes halogenated alkanes) is 1. The van der Waals surface area contributed by atoms with Gasteiger partial charge in [0.15, 0.2) is 0 Å². The summed E-state index contributed by atoms with van der Waals surface area (Å²) in [7, 11) is 0. The number of fused-ring (bicyclic) bond motifs is 1. The number of benzene rings is 1. The van der Waals surface area contributed by atoms with Gasteiger partial charge in [-0.15, -0.1) is 0 Å². The summed E-state index contributed by atoms with van der Waals surface area (Å²) in [5.74, 6) is 0.000192. The number of aromatic nitrogens is 3. The fourth-order valence-electron chi connectivity index (χ4n) is 2.80. The molecule has 0 aliphatic heterocycles. The van der Waals surface area contributed by atoms with Gasteiger partial charge in [0.05, 0.1) is 29.9 Å². The summed E-state index contributed by atoms with van der Waals surface area (Å²) in [6.07, 6.45) is 4.03. The zero-order valence-corrected chi connectivity index (χ0v) is 14.8. The smallest absolute Gasteiger partial charge is 0.275 e. The highest BCUT2D eigenvalue weighted by Gasteiger charge is 2.12. The van der Waals surface area contributed by atoms with E-state index < -0.39 is 0 Å². The summed E-state index contributed by atoms with van der Waals surface area (Å²) in [5.41, 5.74) is 1.28. The van der Waals surface area contributed by atoms with Crippen LogP contribution < -0.4 is 10.9 Å². The van der Waals surface area contributed by atoms with Crippen LogP contribution in [0.1, 0.15) is 37.6 Å². The Hall–Kier alpha value is -3.02. The number of carbonyl (C=O) groups excluding carboxylic acids is 1. The molecule has 0 unspecified atom stereocenters. The zero-order valence-electron chi connectivity index (χ0n) is 14.8. The number of rotatable bonds is 7. The van der Waals surface area contributed by atoms with Crippen molar-refractivity contribution in [2.45, 2.75) is 39.3 Å². The first kappa shape index (κ1) is 17.8. The van der Waals surface area contributed by atoms with E-state index in [1.165, 1.54) is 4.68 Å². The SMILES string of the molecule is CCCCC(=O)NCc1nn(Cc2ccccn2)c(=O)c2ccccc12. The van der Waals surface area contributed by atoms with Crippen LogP contribution in [-0.2, 0) is 17.9 Å². The summed E-state index contributed by atoms with van der Waals surface area (Å²) in [6, 6.07) is 12.9. The van der Waals surface area contributed by atoms with Gasteiger partial charge in [-0.1, -0.05) is 37.6 Å². The molecule has 6 heteroatoms. The molecule has 0 fully saturated rings. The third-order valence-corrected chi connectivity index (χ3v) is 4.19. The van der Waals surface area contributed by atoms with Crippen molar-refractivity contribution in [3.63, 3.8) is 0 Å². The molecule has 0 saturated heterocycles. The Morgan fingerprint density at radius 3 is 2.62 bits per heavy atom. The maximum Gasteiger partial charge on any atom is 0.275 e. The average Bonchev–Trinajstić information content (AvgIpc) is 2.68. The number of hydrogen-bond donors (Lipinski definition) is 1. The Balaban J connectivity index is 1.92. The number of pyridine rings is 1. The third-order valence-electron chi connectivity index (χ3n) is 4.19. The second-order valence-corrected chi connectivity index (χ2v) is 6.16. The highest BCUT2D eigenvalue weighted by atomic mass is 16.1. The van der Waals surface area contributed by atoms with Crippen molar-refractivity contribution in [2.75, 3.05) is 0 Å². The first-order chi connectivity index (χ1) is 12.7. The van der Waals surface area contributed by atoms with E-state index in [1.54, 1.807) is 12.3 Å². The number of carbonyl (C=O) groups is 1. The second-order valence-electron chi connectivity index (χ2n) is 6.16. The van der Waals surface area contributed by atoms with Gasteiger partial charge in [0, 0.05) is 18.0 Å². The van der Waals surface area contributed by atoms with Crippen LogP contribution in [0.4, 0.5) is 0 Å². The minimum absolute atomic E-state index is 0.000192. The lowest BCUT2D eigenvalue weighted by Gasteiger charge is -2.11. The van der Waals surface area contributed by atoms with Gasteiger partial charge in [-0.25, -0.2) is 4.68 Å². The first-order valence-corrected chi connectivity index (χ1v) is 8.84. The number of amides is 1. The Bertz CT molecular complexity index is 951. The summed E-state index contributed by atoms with van der Waals surface area (Å²) < 4.78 is 1.41. The molecule has 3 rings (SSSR count). The van der Waals surface area contributed by atoms with Gasteiger partial charge in [-0.2, -0.15) is 5.10 Å². The van der Waals surface area contributed by atoms with E-state index >= 15 is 0 Å². The highest BCUT2D eigenvalue weighted by molar-refractivity contribution is 5.84. The summed E-state index contributed by atoms with van der Waals surface area (Å²) >= 11 is 0. The predicted octanol–water partition coefficient (Wildman–Crippen LogP) is 2.65. The number of nitrogens with one attached hydrogen (secondary N) is 1. The Morgan fingerprint density at radius 1 is 1.12 bits per heavy atom. The zero-order chi connectivity index (χ0) is 18.4. The molecule has 134 valence electrons. The molecule has 0 aliphatic carbocycles. The van der Waals surface area contributed by atoms with Gasteiger partial charge in [0.2, 0.25) is 5.91 Å². The molecule has 6 nitrogen and oxygen atoms in total. The van der Waals surface area contributed by atoms with Crippen LogP contribution in [0.5, 0.6) is 0 Å². The lowest BCUT2D eigenvalue weighted by atomic mass is 10.1. The fourth-order valence-corrected chi connectivity index (χ4v) is 2.80. The van der Waals surface area contributed by atoms with E-state index in [0.29, 0.717) is 30.6 Å². The van der Waals surface area contributed by atoms with Crippen molar-refractivity contribution in [1.82, 2.24) is 20.1 Å². The van der Waals surface area contributed by atoms with Gasteiger partial charge >= 0.3 is 0 Å². The van der Waals surface area contributed by atoms with Gasteiger partial charge < -0.3 is 5.32 Å². The average molecular weight is 350 g/mol.